The van der Waals surface area contributed by atoms with Gasteiger partial charge >= 0.3 is 11.9 Å². The maximum absolute atomic E-state index is 12.7. The van der Waals surface area contributed by atoms with Crippen molar-refractivity contribution in [2.75, 3.05) is 14.1 Å². The second kappa shape index (κ2) is 7.73. The standard InChI is InChI=1S/C20H18N2O7S/c1-11-5-4-6-13(17(11)23)20(26)29-18-14-9-12(30(27,28)22(2)3)7-8-16(14)21-10-15(18)19(24)25/h4-10,23H,1-3H3,(H,24,25). The number of carboxylic acid groups (broad SMARTS) is 1. The van der Waals surface area contributed by atoms with Crippen molar-refractivity contribution in [1.29, 1.82) is 0 Å². The predicted molar refractivity (Wildman–Crippen MR) is 107 cm³/mol. The largest absolute Gasteiger partial charge is 0.507 e. The van der Waals surface area contributed by atoms with Crippen LogP contribution in [0.5, 0.6) is 11.5 Å². The molecule has 0 fully saturated rings. The number of rotatable bonds is 5. The van der Waals surface area contributed by atoms with Crippen molar-refractivity contribution in [2.45, 2.75) is 11.8 Å². The number of aryl methyl sites for hydroxylation is 1. The summed E-state index contributed by atoms with van der Waals surface area (Å²) in [5.74, 6) is -3.07. The molecule has 0 bridgehead atoms. The van der Waals surface area contributed by atoms with Crippen molar-refractivity contribution in [3.63, 3.8) is 0 Å². The third-order valence-corrected chi connectivity index (χ3v) is 6.26. The Hall–Kier alpha value is -3.50. The number of phenols is 1. The maximum atomic E-state index is 12.7. The Labute approximate surface area is 172 Å². The number of carbonyl (C=O) groups excluding carboxylic acids is 1. The number of nitrogens with zero attached hydrogens (tertiary/aromatic N) is 2. The first-order chi connectivity index (χ1) is 14.0. The van der Waals surface area contributed by atoms with E-state index in [1.807, 2.05) is 0 Å². The van der Waals surface area contributed by atoms with Crippen LogP contribution in [0.3, 0.4) is 0 Å². The molecule has 0 unspecified atom stereocenters. The van der Waals surface area contributed by atoms with Crippen molar-refractivity contribution < 1.29 is 33.0 Å². The van der Waals surface area contributed by atoms with Crippen LogP contribution in [0.2, 0.25) is 0 Å². The van der Waals surface area contributed by atoms with Crippen LogP contribution in [0.25, 0.3) is 10.9 Å². The number of aromatic carboxylic acids is 1. The SMILES string of the molecule is Cc1cccc(C(=O)Oc2c(C(=O)O)cnc3ccc(S(=O)(=O)N(C)C)cc23)c1O. The van der Waals surface area contributed by atoms with Crippen molar-refractivity contribution in [3.05, 3.63) is 59.3 Å². The molecular weight excluding hydrogens is 412 g/mol. The highest BCUT2D eigenvalue weighted by molar-refractivity contribution is 7.89. The molecule has 0 saturated heterocycles. The number of phenolic OH excluding ortho intramolecular Hbond substituents is 1. The number of esters is 1. The molecule has 10 heteroatoms. The molecule has 2 N–H and O–H groups in total. The second-order valence-electron chi connectivity index (χ2n) is 6.63. The lowest BCUT2D eigenvalue weighted by molar-refractivity contribution is 0.0681. The number of ether oxygens (including phenoxy) is 1. The topological polar surface area (TPSA) is 134 Å². The zero-order valence-corrected chi connectivity index (χ0v) is 17.1. The number of carbonyl (C=O) groups is 2. The molecule has 30 heavy (non-hydrogen) atoms. The van der Waals surface area contributed by atoms with Crippen molar-refractivity contribution in [3.8, 4) is 11.5 Å². The van der Waals surface area contributed by atoms with Crippen LogP contribution in [-0.2, 0) is 10.0 Å². The number of aromatic hydroxyl groups is 1. The zero-order valence-electron chi connectivity index (χ0n) is 16.3. The number of fused-ring (bicyclic) bond motifs is 1. The van der Waals surface area contributed by atoms with Crippen LogP contribution in [0.15, 0.2) is 47.5 Å². The first-order valence-electron chi connectivity index (χ1n) is 8.63. The van der Waals surface area contributed by atoms with Crippen LogP contribution in [0.1, 0.15) is 26.3 Å². The summed E-state index contributed by atoms with van der Waals surface area (Å²) < 4.78 is 31.3. The second-order valence-corrected chi connectivity index (χ2v) is 8.78. The number of benzene rings is 2. The van der Waals surface area contributed by atoms with Crippen LogP contribution < -0.4 is 4.74 Å². The predicted octanol–water partition coefficient (Wildman–Crippen LogP) is 2.42. The van der Waals surface area contributed by atoms with E-state index in [0.717, 1.165) is 10.5 Å². The summed E-state index contributed by atoms with van der Waals surface area (Å²) in [6.07, 6.45) is 1.02. The number of sulfonamides is 1. The smallest absolute Gasteiger partial charge is 0.347 e. The molecule has 0 saturated carbocycles. The fraction of sp³-hybridized carbons (Fsp3) is 0.150. The van der Waals surface area contributed by atoms with Crippen LogP contribution in [0.4, 0.5) is 0 Å². The molecule has 156 valence electrons. The Balaban J connectivity index is 2.22. The summed E-state index contributed by atoms with van der Waals surface area (Å²) in [5, 5.41) is 19.7. The minimum atomic E-state index is -3.83. The Morgan fingerprint density at radius 3 is 2.43 bits per heavy atom. The molecule has 0 atom stereocenters. The van der Waals surface area contributed by atoms with E-state index in [9.17, 15) is 28.2 Å². The lowest BCUT2D eigenvalue weighted by atomic mass is 10.1. The van der Waals surface area contributed by atoms with E-state index in [2.05, 4.69) is 4.98 Å². The Morgan fingerprint density at radius 2 is 1.80 bits per heavy atom. The Kier molecular flexibility index (Phi) is 5.47. The summed E-state index contributed by atoms with van der Waals surface area (Å²) in [5.41, 5.74) is 0.0755. The summed E-state index contributed by atoms with van der Waals surface area (Å²) in [7, 11) is -1.13. The molecule has 0 aliphatic rings. The van der Waals surface area contributed by atoms with Gasteiger partial charge in [0.2, 0.25) is 10.0 Å². The molecule has 2 aromatic carbocycles. The minimum Gasteiger partial charge on any atom is -0.507 e. The van der Waals surface area contributed by atoms with Crippen molar-refractivity contribution in [1.82, 2.24) is 9.29 Å². The highest BCUT2D eigenvalue weighted by Gasteiger charge is 2.24. The minimum absolute atomic E-state index is 0.0262. The first-order valence-corrected chi connectivity index (χ1v) is 10.1. The van der Waals surface area contributed by atoms with E-state index in [4.69, 9.17) is 4.74 Å². The van der Waals surface area contributed by atoms with E-state index < -0.39 is 27.5 Å². The molecular formula is C20H18N2O7S. The molecule has 1 heterocycles. The zero-order chi connectivity index (χ0) is 22.2. The molecule has 0 aliphatic heterocycles. The lowest BCUT2D eigenvalue weighted by Gasteiger charge is -2.14. The van der Waals surface area contributed by atoms with Crippen LogP contribution in [0, 0.1) is 6.92 Å². The van der Waals surface area contributed by atoms with Gasteiger partial charge in [0.25, 0.3) is 0 Å². The molecule has 0 radical (unpaired) electrons. The summed E-state index contributed by atoms with van der Waals surface area (Å²) >= 11 is 0. The average Bonchev–Trinajstić information content (AvgIpc) is 2.69. The third-order valence-electron chi connectivity index (χ3n) is 4.45. The quantitative estimate of drug-likeness (QED) is 0.590. The van der Waals surface area contributed by atoms with Crippen LogP contribution in [-0.4, -0.2) is 54.0 Å². The van der Waals surface area contributed by atoms with Crippen molar-refractivity contribution >= 4 is 32.9 Å². The number of aromatic nitrogens is 1. The average molecular weight is 430 g/mol. The fourth-order valence-corrected chi connectivity index (χ4v) is 3.68. The maximum Gasteiger partial charge on any atom is 0.347 e. The van der Waals surface area contributed by atoms with Crippen LogP contribution >= 0.6 is 0 Å². The molecule has 0 amide bonds. The van der Waals surface area contributed by atoms with Gasteiger partial charge in [-0.1, -0.05) is 12.1 Å². The molecule has 3 aromatic rings. The number of hydrogen-bond donors (Lipinski definition) is 2. The first kappa shape index (κ1) is 21.2. The van der Waals surface area contributed by atoms with Gasteiger partial charge in [-0.05, 0) is 36.8 Å². The lowest BCUT2D eigenvalue weighted by Crippen LogP contribution is -2.22. The van der Waals surface area contributed by atoms with E-state index in [-0.39, 0.29) is 32.9 Å². The molecule has 0 spiro atoms. The van der Waals surface area contributed by atoms with Gasteiger partial charge in [-0.2, -0.15) is 0 Å². The van der Waals surface area contributed by atoms with Gasteiger partial charge in [-0.25, -0.2) is 22.3 Å². The normalized spacial score (nSPS) is 11.6. The summed E-state index contributed by atoms with van der Waals surface area (Å²) in [6, 6.07) is 8.37. The van der Waals surface area contributed by atoms with E-state index in [0.29, 0.717) is 5.56 Å². The fourth-order valence-electron chi connectivity index (χ4n) is 2.75. The molecule has 0 aliphatic carbocycles. The van der Waals surface area contributed by atoms with E-state index in [1.165, 1.54) is 44.4 Å². The van der Waals surface area contributed by atoms with Gasteiger partial charge in [0.05, 0.1) is 10.4 Å². The van der Waals surface area contributed by atoms with Gasteiger partial charge in [0.1, 0.15) is 16.9 Å². The van der Waals surface area contributed by atoms with Gasteiger partial charge < -0.3 is 14.9 Å². The number of carboxylic acids is 1. The van der Waals surface area contributed by atoms with Gasteiger partial charge in [-0.15, -0.1) is 0 Å². The van der Waals surface area contributed by atoms with E-state index in [1.54, 1.807) is 13.0 Å². The highest BCUT2D eigenvalue weighted by Crippen LogP contribution is 2.32. The molecule has 9 nitrogen and oxygen atoms in total. The number of pyridine rings is 1. The van der Waals surface area contributed by atoms with Gasteiger partial charge in [0.15, 0.2) is 5.75 Å². The van der Waals surface area contributed by atoms with Gasteiger partial charge in [-0.3, -0.25) is 4.98 Å². The van der Waals surface area contributed by atoms with Gasteiger partial charge in [0, 0.05) is 25.7 Å². The third kappa shape index (κ3) is 3.70. The Bertz CT molecular complexity index is 1280. The molecule has 1 aromatic heterocycles. The number of para-hydroxylation sites is 1. The molecule has 3 rings (SSSR count). The van der Waals surface area contributed by atoms with Crippen molar-refractivity contribution in [2.24, 2.45) is 0 Å². The highest BCUT2D eigenvalue weighted by atomic mass is 32.2. The number of hydrogen-bond acceptors (Lipinski definition) is 7. The Morgan fingerprint density at radius 1 is 1.10 bits per heavy atom. The monoisotopic (exact) mass is 430 g/mol. The summed E-state index contributed by atoms with van der Waals surface area (Å²) in [4.78, 5) is 28.2. The van der Waals surface area contributed by atoms with E-state index >= 15 is 0 Å². The summed E-state index contributed by atoms with van der Waals surface area (Å²) in [6.45, 7) is 1.59.